The third-order valence-electron chi connectivity index (χ3n) is 3.25. The summed E-state index contributed by atoms with van der Waals surface area (Å²) in [7, 11) is 0. The first kappa shape index (κ1) is 12.0. The van der Waals surface area contributed by atoms with Crippen LogP contribution in [0.1, 0.15) is 25.8 Å². The molecule has 0 spiro atoms. The summed E-state index contributed by atoms with van der Waals surface area (Å²) >= 11 is 0. The quantitative estimate of drug-likeness (QED) is 0.807. The number of hydrogen-bond acceptors (Lipinski definition) is 5. The molecule has 0 aliphatic carbocycles. The molecule has 1 aliphatic heterocycles. The minimum Gasteiger partial charge on any atom is -0.369 e. The Labute approximate surface area is 101 Å². The van der Waals surface area contributed by atoms with Crippen molar-refractivity contribution in [3.05, 3.63) is 28.9 Å². The normalized spacial score (nSPS) is 20.6. The van der Waals surface area contributed by atoms with Gasteiger partial charge in [-0.1, -0.05) is 5.18 Å². The van der Waals surface area contributed by atoms with Crippen LogP contribution in [0.25, 0.3) is 0 Å². The molecule has 1 saturated heterocycles. The predicted molar refractivity (Wildman–Crippen MR) is 67.9 cm³/mol. The van der Waals surface area contributed by atoms with Crippen LogP contribution in [0.2, 0.25) is 0 Å². The molecular formula is C12H18N4O. The molecule has 0 saturated carbocycles. The summed E-state index contributed by atoms with van der Waals surface area (Å²) in [5, 5.41) is 3.14. The average Bonchev–Trinajstić information content (AvgIpc) is 2.76. The maximum Gasteiger partial charge on any atom is 0.123 e. The molecule has 1 aromatic heterocycles. The van der Waals surface area contributed by atoms with Crippen molar-refractivity contribution in [3.8, 4) is 0 Å². The second-order valence-electron chi connectivity index (χ2n) is 5.08. The number of nitroso groups, excluding NO2 is 1. The lowest BCUT2D eigenvalue weighted by Gasteiger charge is -2.21. The Morgan fingerprint density at radius 3 is 2.88 bits per heavy atom. The second-order valence-corrected chi connectivity index (χ2v) is 5.08. The van der Waals surface area contributed by atoms with E-state index in [1.165, 1.54) is 0 Å². The first-order valence-corrected chi connectivity index (χ1v) is 5.83. The maximum atomic E-state index is 10.8. The molecule has 2 rings (SSSR count). The molecule has 5 heteroatoms. The highest BCUT2D eigenvalue weighted by molar-refractivity contribution is 5.48. The molecular weight excluding hydrogens is 216 g/mol. The molecule has 17 heavy (non-hydrogen) atoms. The van der Waals surface area contributed by atoms with Crippen molar-refractivity contribution in [1.29, 1.82) is 0 Å². The predicted octanol–water partition coefficient (Wildman–Crippen LogP) is 1.62. The van der Waals surface area contributed by atoms with E-state index in [1.54, 1.807) is 20.0 Å². The average molecular weight is 234 g/mol. The number of nitrogens with zero attached hydrogens (tertiary/aromatic N) is 3. The van der Waals surface area contributed by atoms with Crippen molar-refractivity contribution in [1.82, 2.24) is 4.98 Å². The van der Waals surface area contributed by atoms with E-state index < -0.39 is 5.54 Å². The summed E-state index contributed by atoms with van der Waals surface area (Å²) in [6, 6.07) is 2.21. The maximum absolute atomic E-state index is 10.8. The van der Waals surface area contributed by atoms with E-state index in [1.807, 2.05) is 12.3 Å². The van der Waals surface area contributed by atoms with Gasteiger partial charge in [0.25, 0.3) is 0 Å². The number of aromatic nitrogens is 1. The van der Waals surface area contributed by atoms with Gasteiger partial charge in [0.05, 0.1) is 11.9 Å². The van der Waals surface area contributed by atoms with Crippen molar-refractivity contribution in [3.63, 3.8) is 0 Å². The van der Waals surface area contributed by atoms with Crippen LogP contribution in [0.15, 0.2) is 23.6 Å². The minimum atomic E-state index is -0.731. The Morgan fingerprint density at radius 2 is 2.29 bits per heavy atom. The third-order valence-corrected chi connectivity index (χ3v) is 3.25. The Morgan fingerprint density at radius 1 is 1.53 bits per heavy atom. The molecule has 1 fully saturated rings. The van der Waals surface area contributed by atoms with E-state index in [2.05, 4.69) is 15.1 Å². The standard InChI is InChI=1S/C12H18N4O/c1-12(2,15-17)9-5-11(7-14-6-9)16-4-3-10(13)8-16/h5-7,10H,3-4,8,13H2,1-2H3/t10-/m1/s1. The van der Waals surface area contributed by atoms with Crippen LogP contribution in [0.5, 0.6) is 0 Å². The number of pyridine rings is 1. The zero-order chi connectivity index (χ0) is 12.5. The van der Waals surface area contributed by atoms with Crippen LogP contribution in [0.4, 0.5) is 5.69 Å². The molecule has 0 bridgehead atoms. The van der Waals surface area contributed by atoms with Gasteiger partial charge in [0, 0.05) is 30.9 Å². The van der Waals surface area contributed by atoms with E-state index >= 15 is 0 Å². The highest BCUT2D eigenvalue weighted by atomic mass is 16.3. The zero-order valence-electron chi connectivity index (χ0n) is 10.3. The van der Waals surface area contributed by atoms with Crippen molar-refractivity contribution < 1.29 is 0 Å². The Kier molecular flexibility index (Phi) is 3.11. The largest absolute Gasteiger partial charge is 0.369 e. The summed E-state index contributed by atoms with van der Waals surface area (Å²) in [5.41, 5.74) is 7.01. The van der Waals surface area contributed by atoms with Gasteiger partial charge in [-0.3, -0.25) is 4.98 Å². The SMILES string of the molecule is CC(C)(N=O)c1cncc(N2CC[C@@H](N)C2)c1. The van der Waals surface area contributed by atoms with Crippen LogP contribution in [0.3, 0.4) is 0 Å². The van der Waals surface area contributed by atoms with Gasteiger partial charge in [0.1, 0.15) is 5.54 Å². The number of rotatable bonds is 3. The first-order chi connectivity index (χ1) is 8.03. The number of nitrogens with two attached hydrogens (primary N) is 1. The molecule has 0 unspecified atom stereocenters. The minimum absolute atomic E-state index is 0.232. The first-order valence-electron chi connectivity index (χ1n) is 5.83. The highest BCUT2D eigenvalue weighted by Crippen LogP contribution is 2.28. The van der Waals surface area contributed by atoms with Gasteiger partial charge >= 0.3 is 0 Å². The van der Waals surface area contributed by atoms with E-state index in [4.69, 9.17) is 5.73 Å². The van der Waals surface area contributed by atoms with Crippen molar-refractivity contribution in [2.24, 2.45) is 10.9 Å². The van der Waals surface area contributed by atoms with Crippen molar-refractivity contribution >= 4 is 5.69 Å². The summed E-state index contributed by atoms with van der Waals surface area (Å²) in [5.74, 6) is 0. The lowest BCUT2D eigenvalue weighted by atomic mass is 9.97. The molecule has 92 valence electrons. The molecule has 0 radical (unpaired) electrons. The Balaban J connectivity index is 2.26. The smallest absolute Gasteiger partial charge is 0.123 e. The van der Waals surface area contributed by atoms with Crippen molar-refractivity contribution in [2.45, 2.75) is 31.8 Å². The van der Waals surface area contributed by atoms with Crippen molar-refractivity contribution in [2.75, 3.05) is 18.0 Å². The Hall–Kier alpha value is -1.49. The topological polar surface area (TPSA) is 71.6 Å². The van der Waals surface area contributed by atoms with Gasteiger partial charge in [0.15, 0.2) is 0 Å². The van der Waals surface area contributed by atoms with Crippen LogP contribution < -0.4 is 10.6 Å². The van der Waals surface area contributed by atoms with E-state index in [-0.39, 0.29) is 6.04 Å². The molecule has 0 aromatic carbocycles. The van der Waals surface area contributed by atoms with Crippen LogP contribution >= 0.6 is 0 Å². The van der Waals surface area contributed by atoms with Gasteiger partial charge in [-0.05, 0) is 26.3 Å². The summed E-state index contributed by atoms with van der Waals surface area (Å²) in [6.07, 6.45) is 4.50. The molecule has 2 N–H and O–H groups in total. The molecule has 1 aromatic rings. The molecule has 1 aliphatic rings. The zero-order valence-corrected chi connectivity index (χ0v) is 10.3. The second kappa shape index (κ2) is 4.41. The van der Waals surface area contributed by atoms with Crippen LogP contribution in [0, 0.1) is 4.91 Å². The lowest BCUT2D eigenvalue weighted by Crippen LogP contribution is -2.26. The Bertz CT molecular complexity index is 419. The van der Waals surface area contributed by atoms with E-state index in [0.29, 0.717) is 0 Å². The number of hydrogen-bond donors (Lipinski definition) is 1. The highest BCUT2D eigenvalue weighted by Gasteiger charge is 2.24. The molecule has 1 atom stereocenters. The van der Waals surface area contributed by atoms with Gasteiger partial charge in [0.2, 0.25) is 0 Å². The molecule has 2 heterocycles. The van der Waals surface area contributed by atoms with Gasteiger partial charge in [-0.2, -0.15) is 0 Å². The fraction of sp³-hybridized carbons (Fsp3) is 0.583. The van der Waals surface area contributed by atoms with Gasteiger partial charge in [-0.15, -0.1) is 4.91 Å². The van der Waals surface area contributed by atoms with E-state index in [0.717, 1.165) is 30.8 Å². The van der Waals surface area contributed by atoms with Gasteiger partial charge in [-0.25, -0.2) is 0 Å². The van der Waals surface area contributed by atoms with Crippen LogP contribution in [-0.2, 0) is 5.54 Å². The van der Waals surface area contributed by atoms with E-state index in [9.17, 15) is 4.91 Å². The lowest BCUT2D eigenvalue weighted by molar-refractivity contribution is 0.550. The number of anilines is 1. The third kappa shape index (κ3) is 2.44. The molecule has 5 nitrogen and oxygen atoms in total. The summed E-state index contributed by atoms with van der Waals surface area (Å²) in [4.78, 5) is 17.2. The van der Waals surface area contributed by atoms with Crippen LogP contribution in [-0.4, -0.2) is 24.1 Å². The summed E-state index contributed by atoms with van der Waals surface area (Å²) < 4.78 is 0. The fourth-order valence-corrected chi connectivity index (χ4v) is 2.01. The van der Waals surface area contributed by atoms with Gasteiger partial charge < -0.3 is 10.6 Å². The fourth-order valence-electron chi connectivity index (χ4n) is 2.01. The monoisotopic (exact) mass is 234 g/mol. The summed E-state index contributed by atoms with van der Waals surface area (Å²) in [6.45, 7) is 5.37. The molecule has 0 amide bonds.